The fourth-order valence-electron chi connectivity index (χ4n) is 6.34. The fourth-order valence-corrected chi connectivity index (χ4v) is 6.34. The van der Waals surface area contributed by atoms with Crippen LogP contribution < -0.4 is 4.74 Å². The molecule has 2 heterocycles. The summed E-state index contributed by atoms with van der Waals surface area (Å²) in [7, 11) is 3.54. The molecule has 0 aliphatic carbocycles. The summed E-state index contributed by atoms with van der Waals surface area (Å²) in [4.78, 5) is 27.1. The molecule has 0 radical (unpaired) electrons. The molecule has 5 aromatic rings. The molecule has 0 fully saturated rings. The molecule has 0 atom stereocenters. The molecule has 254 valence electrons. The number of benzene rings is 3. The van der Waals surface area contributed by atoms with Crippen molar-refractivity contribution in [3.8, 4) is 16.9 Å². The number of para-hydroxylation sites is 1. The van der Waals surface area contributed by atoms with Gasteiger partial charge in [0.2, 0.25) is 0 Å². The number of aliphatic hydroxyl groups is 1. The normalized spacial score (nSPS) is 11.7. The van der Waals surface area contributed by atoms with Crippen molar-refractivity contribution in [2.75, 3.05) is 20.2 Å². The Morgan fingerprint density at radius 1 is 0.958 bits per heavy atom. The number of rotatable bonds is 13. The van der Waals surface area contributed by atoms with Gasteiger partial charge in [-0.2, -0.15) is 5.10 Å². The van der Waals surface area contributed by atoms with Crippen LogP contribution in [0.3, 0.4) is 0 Å². The van der Waals surface area contributed by atoms with E-state index in [2.05, 4.69) is 17.2 Å². The van der Waals surface area contributed by atoms with Gasteiger partial charge in [0.1, 0.15) is 17.0 Å². The Morgan fingerprint density at radius 3 is 2.40 bits per heavy atom. The molecule has 48 heavy (non-hydrogen) atoms. The number of carboxylic acids is 1. The fraction of sp³-hybridized carbons (Fsp3) is 0.395. The lowest BCUT2D eigenvalue weighted by atomic mass is 9.98. The number of carbonyl (C=O) groups excluding carboxylic acids is 1. The Labute approximate surface area is 281 Å². The van der Waals surface area contributed by atoms with Gasteiger partial charge in [-0.3, -0.25) is 4.68 Å². The van der Waals surface area contributed by atoms with Gasteiger partial charge in [-0.15, -0.1) is 0 Å². The third kappa shape index (κ3) is 7.33. The minimum Gasteiger partial charge on any atom is -0.493 e. The van der Waals surface area contributed by atoms with Gasteiger partial charge < -0.3 is 29.2 Å². The predicted octanol–water partition coefficient (Wildman–Crippen LogP) is 7.35. The zero-order valence-electron chi connectivity index (χ0n) is 28.7. The van der Waals surface area contributed by atoms with Gasteiger partial charge in [0.05, 0.1) is 24.4 Å². The maximum atomic E-state index is 13.0. The van der Waals surface area contributed by atoms with E-state index in [9.17, 15) is 19.8 Å². The molecule has 2 N–H and O–H groups in total. The summed E-state index contributed by atoms with van der Waals surface area (Å²) >= 11 is 0. The molecule has 0 spiro atoms. The number of aromatic carboxylic acids is 1. The van der Waals surface area contributed by atoms with Crippen molar-refractivity contribution in [3.05, 3.63) is 83.3 Å². The van der Waals surface area contributed by atoms with Crippen LogP contribution in [0, 0.1) is 6.92 Å². The first-order valence-electron chi connectivity index (χ1n) is 16.5. The number of carbonyl (C=O) groups is 2. The van der Waals surface area contributed by atoms with Crippen molar-refractivity contribution in [1.29, 1.82) is 0 Å². The highest BCUT2D eigenvalue weighted by atomic mass is 16.6. The van der Waals surface area contributed by atoms with Crippen molar-refractivity contribution in [2.24, 2.45) is 7.05 Å². The van der Waals surface area contributed by atoms with E-state index in [1.54, 1.807) is 16.6 Å². The van der Waals surface area contributed by atoms with Crippen LogP contribution in [0.15, 0.2) is 60.7 Å². The molecule has 0 saturated carbocycles. The molecule has 0 aliphatic heterocycles. The minimum absolute atomic E-state index is 0.241. The van der Waals surface area contributed by atoms with Crippen molar-refractivity contribution >= 4 is 33.7 Å². The SMILES string of the molecule is Cc1c(-c2cccc3c(CCCOc4cccc5ccccc45)c(C(=O)O)n(CCCCN(C)C(=O)OC(C)(C)C)c23)c(CO)nn1C. The summed E-state index contributed by atoms with van der Waals surface area (Å²) in [5, 5.41) is 28.4. The first-order valence-corrected chi connectivity index (χ1v) is 16.5. The molecular weight excluding hydrogens is 608 g/mol. The number of aromatic nitrogens is 3. The van der Waals surface area contributed by atoms with Crippen LogP contribution in [0.25, 0.3) is 32.8 Å². The van der Waals surface area contributed by atoms with Crippen molar-refractivity contribution in [3.63, 3.8) is 0 Å². The van der Waals surface area contributed by atoms with Crippen LogP contribution in [0.2, 0.25) is 0 Å². The summed E-state index contributed by atoms with van der Waals surface area (Å²) in [6.07, 6.45) is 2.01. The number of fused-ring (bicyclic) bond motifs is 2. The maximum Gasteiger partial charge on any atom is 0.410 e. The summed E-state index contributed by atoms with van der Waals surface area (Å²) in [6.45, 7) is 8.53. The molecular formula is C38H46N4O6. The van der Waals surface area contributed by atoms with E-state index >= 15 is 0 Å². The average Bonchev–Trinajstić information content (AvgIpc) is 3.53. The van der Waals surface area contributed by atoms with Gasteiger partial charge in [0, 0.05) is 54.8 Å². The van der Waals surface area contributed by atoms with Gasteiger partial charge >= 0.3 is 12.1 Å². The molecule has 1 amide bonds. The highest BCUT2D eigenvalue weighted by Crippen LogP contribution is 2.38. The molecule has 10 heteroatoms. The van der Waals surface area contributed by atoms with Crippen LogP contribution >= 0.6 is 0 Å². The topological polar surface area (TPSA) is 119 Å². The number of nitrogens with zero attached hydrogens (tertiary/aromatic N) is 4. The summed E-state index contributed by atoms with van der Waals surface area (Å²) in [6, 6.07) is 19.9. The Hall–Kier alpha value is -4.83. The summed E-state index contributed by atoms with van der Waals surface area (Å²) < 4.78 is 15.3. The molecule has 0 bridgehead atoms. The van der Waals surface area contributed by atoms with Crippen LogP contribution in [0.4, 0.5) is 4.79 Å². The first-order chi connectivity index (χ1) is 22.9. The van der Waals surface area contributed by atoms with E-state index in [1.807, 2.05) is 87.8 Å². The molecule has 0 unspecified atom stereocenters. The highest BCUT2D eigenvalue weighted by molar-refractivity contribution is 6.04. The van der Waals surface area contributed by atoms with E-state index in [1.165, 1.54) is 0 Å². The third-order valence-electron chi connectivity index (χ3n) is 8.62. The second-order valence-electron chi connectivity index (χ2n) is 13.2. The number of aryl methyl sites for hydroxylation is 3. The van der Waals surface area contributed by atoms with E-state index < -0.39 is 11.6 Å². The second-order valence-corrected chi connectivity index (χ2v) is 13.2. The standard InChI is InChI=1S/C38H46N4O6/c1-25-33(31(24-43)39-41(25)6)30-18-12-17-28-29(19-13-23-47-32-20-11-15-26-14-7-8-16-27(26)32)35(36(44)45)42(34(28)30)22-10-9-21-40(5)37(46)48-38(2,3)4/h7-8,11-12,14-18,20,43H,9-10,13,19,21-24H2,1-6H3,(H,44,45). The number of aliphatic hydroxyl groups excluding tert-OH is 1. The zero-order valence-corrected chi connectivity index (χ0v) is 28.7. The predicted molar refractivity (Wildman–Crippen MR) is 188 cm³/mol. The average molecular weight is 655 g/mol. The summed E-state index contributed by atoms with van der Waals surface area (Å²) in [5.41, 5.74) is 4.25. The van der Waals surface area contributed by atoms with Crippen LogP contribution in [0.5, 0.6) is 5.75 Å². The molecule has 10 nitrogen and oxygen atoms in total. The quantitative estimate of drug-likeness (QED) is 0.127. The van der Waals surface area contributed by atoms with Gasteiger partial charge in [0.15, 0.2) is 0 Å². The smallest absolute Gasteiger partial charge is 0.410 e. The van der Waals surface area contributed by atoms with Crippen molar-refractivity contribution in [1.82, 2.24) is 19.2 Å². The number of hydrogen-bond donors (Lipinski definition) is 2. The number of carboxylic acid groups (broad SMARTS) is 1. The Kier molecular flexibility index (Phi) is 10.4. The zero-order chi connectivity index (χ0) is 34.6. The molecule has 0 saturated heterocycles. The number of amides is 1. The lowest BCUT2D eigenvalue weighted by molar-refractivity contribution is 0.0296. The Morgan fingerprint density at radius 2 is 1.67 bits per heavy atom. The second kappa shape index (κ2) is 14.5. The lowest BCUT2D eigenvalue weighted by Gasteiger charge is -2.24. The van der Waals surface area contributed by atoms with Crippen LogP contribution in [0.1, 0.15) is 67.5 Å². The molecule has 3 aromatic carbocycles. The number of hydrogen-bond acceptors (Lipinski definition) is 6. The van der Waals surface area contributed by atoms with Gasteiger partial charge in [-0.05, 0) is 70.4 Å². The van der Waals surface area contributed by atoms with Crippen LogP contribution in [-0.4, -0.2) is 67.3 Å². The lowest BCUT2D eigenvalue weighted by Crippen LogP contribution is -2.34. The van der Waals surface area contributed by atoms with Gasteiger partial charge in [-0.25, -0.2) is 9.59 Å². The Bertz CT molecular complexity index is 1930. The van der Waals surface area contributed by atoms with Gasteiger partial charge in [0.25, 0.3) is 0 Å². The maximum absolute atomic E-state index is 13.0. The van der Waals surface area contributed by atoms with E-state index in [0.29, 0.717) is 51.1 Å². The van der Waals surface area contributed by atoms with E-state index in [0.717, 1.165) is 49.8 Å². The monoisotopic (exact) mass is 654 g/mol. The highest BCUT2D eigenvalue weighted by Gasteiger charge is 2.27. The molecule has 2 aromatic heterocycles. The molecule has 5 rings (SSSR count). The number of ether oxygens (including phenoxy) is 2. The van der Waals surface area contributed by atoms with Crippen LogP contribution in [-0.2, 0) is 31.4 Å². The first kappa shape index (κ1) is 34.5. The molecule has 0 aliphatic rings. The Balaban J connectivity index is 1.47. The summed E-state index contributed by atoms with van der Waals surface area (Å²) in [5.74, 6) is -0.200. The van der Waals surface area contributed by atoms with E-state index in [4.69, 9.17) is 9.47 Å². The van der Waals surface area contributed by atoms with E-state index in [-0.39, 0.29) is 18.4 Å². The van der Waals surface area contributed by atoms with Crippen molar-refractivity contribution in [2.45, 2.75) is 72.1 Å². The number of unbranched alkanes of at least 4 members (excludes halogenated alkanes) is 1. The third-order valence-corrected chi connectivity index (χ3v) is 8.62. The largest absolute Gasteiger partial charge is 0.493 e. The van der Waals surface area contributed by atoms with Gasteiger partial charge in [-0.1, -0.05) is 54.6 Å². The minimum atomic E-state index is -1.00. The van der Waals surface area contributed by atoms with Crippen molar-refractivity contribution < 1.29 is 29.3 Å².